The Morgan fingerprint density at radius 3 is 2.57 bits per heavy atom. The van der Waals surface area contributed by atoms with Crippen molar-refractivity contribution in [2.75, 3.05) is 0 Å². The van der Waals surface area contributed by atoms with Crippen LogP contribution in [0.3, 0.4) is 0 Å². The van der Waals surface area contributed by atoms with Crippen molar-refractivity contribution in [3.05, 3.63) is 58.1 Å². The van der Waals surface area contributed by atoms with E-state index in [-0.39, 0.29) is 11.6 Å². The number of nitrogens with zero attached hydrogens (tertiary/aromatic N) is 3. The van der Waals surface area contributed by atoms with E-state index in [1.807, 2.05) is 44.2 Å². The molecule has 0 amide bonds. The second-order valence-electron chi connectivity index (χ2n) is 4.69. The van der Waals surface area contributed by atoms with Gasteiger partial charge in [0.2, 0.25) is 5.89 Å². The van der Waals surface area contributed by atoms with E-state index in [1.165, 1.54) is 10.9 Å². The van der Waals surface area contributed by atoms with E-state index in [4.69, 9.17) is 4.42 Å². The van der Waals surface area contributed by atoms with Gasteiger partial charge >= 0.3 is 0 Å². The predicted octanol–water partition coefficient (Wildman–Crippen LogP) is 3.61. The van der Waals surface area contributed by atoms with E-state index in [2.05, 4.69) is 26.0 Å². The smallest absolute Gasteiger partial charge is 0.300 e. The summed E-state index contributed by atoms with van der Waals surface area (Å²) in [6.45, 7) is 3.67. The number of rotatable bonds is 2. The summed E-state index contributed by atoms with van der Waals surface area (Å²) in [7, 11) is 0. The van der Waals surface area contributed by atoms with Gasteiger partial charge in [-0.25, -0.2) is 4.98 Å². The zero-order chi connectivity index (χ0) is 15.0. The van der Waals surface area contributed by atoms with E-state index in [1.54, 1.807) is 0 Å². The largest absolute Gasteiger partial charge is 0.444 e. The molecule has 0 aliphatic rings. The monoisotopic (exact) mass is 345 g/mol. The van der Waals surface area contributed by atoms with Crippen molar-refractivity contribution in [3.8, 4) is 11.5 Å². The maximum absolute atomic E-state index is 12.3. The molecule has 5 nitrogen and oxygen atoms in total. The zero-order valence-electron chi connectivity index (χ0n) is 11.5. The van der Waals surface area contributed by atoms with Crippen molar-refractivity contribution in [1.29, 1.82) is 0 Å². The van der Waals surface area contributed by atoms with Gasteiger partial charge in [-0.2, -0.15) is 9.78 Å². The first-order chi connectivity index (χ1) is 10.0. The van der Waals surface area contributed by atoms with Crippen LogP contribution < -0.4 is 0 Å². The van der Waals surface area contributed by atoms with Crippen molar-refractivity contribution in [3.63, 3.8) is 0 Å². The molecule has 0 N–H and O–H groups in total. The molecule has 0 fully saturated rings. The van der Waals surface area contributed by atoms with Gasteiger partial charge < -0.3 is 4.42 Å². The van der Waals surface area contributed by atoms with Crippen LogP contribution in [0.2, 0.25) is 0 Å². The van der Waals surface area contributed by atoms with Gasteiger partial charge in [0.25, 0.3) is 5.91 Å². The van der Waals surface area contributed by atoms with Gasteiger partial charge in [0.05, 0.1) is 5.69 Å². The number of carbonyl (C=O) groups excluding carboxylic acids is 1. The van der Waals surface area contributed by atoms with Crippen LogP contribution in [-0.4, -0.2) is 20.7 Å². The minimum atomic E-state index is -0.298. The Bertz CT molecular complexity index is 803. The van der Waals surface area contributed by atoms with Gasteiger partial charge in [-0.15, -0.1) is 0 Å². The standard InChI is InChI=1S/C15H12BrN3O2/c1-9-7-10(2)19(18-9)15(20)13-8-21-14(17-13)11-3-5-12(16)6-4-11/h3-8H,1-2H3. The number of carbonyl (C=O) groups is 1. The van der Waals surface area contributed by atoms with Crippen LogP contribution in [0.1, 0.15) is 21.9 Å². The first-order valence-corrected chi connectivity index (χ1v) is 7.13. The lowest BCUT2D eigenvalue weighted by atomic mass is 10.2. The lowest BCUT2D eigenvalue weighted by Crippen LogP contribution is -2.15. The van der Waals surface area contributed by atoms with Crippen LogP contribution in [0.4, 0.5) is 0 Å². The first-order valence-electron chi connectivity index (χ1n) is 6.34. The van der Waals surface area contributed by atoms with Crippen molar-refractivity contribution >= 4 is 21.8 Å². The number of oxazole rings is 1. The Morgan fingerprint density at radius 2 is 1.95 bits per heavy atom. The summed E-state index contributed by atoms with van der Waals surface area (Å²) < 4.78 is 7.69. The molecule has 2 heterocycles. The molecular weight excluding hydrogens is 334 g/mol. The molecule has 3 aromatic rings. The van der Waals surface area contributed by atoms with Crippen LogP contribution >= 0.6 is 15.9 Å². The van der Waals surface area contributed by atoms with Crippen LogP contribution in [-0.2, 0) is 0 Å². The zero-order valence-corrected chi connectivity index (χ0v) is 13.1. The number of halogens is 1. The molecule has 2 aromatic heterocycles. The summed E-state index contributed by atoms with van der Waals surface area (Å²) in [5.41, 5.74) is 2.60. The molecule has 0 saturated carbocycles. The highest BCUT2D eigenvalue weighted by Crippen LogP contribution is 2.21. The summed E-state index contributed by atoms with van der Waals surface area (Å²) in [6.07, 6.45) is 1.36. The van der Waals surface area contributed by atoms with Crippen molar-refractivity contribution < 1.29 is 9.21 Å². The van der Waals surface area contributed by atoms with E-state index in [0.29, 0.717) is 5.89 Å². The van der Waals surface area contributed by atoms with Gasteiger partial charge in [0.1, 0.15) is 6.26 Å². The molecule has 0 saturated heterocycles. The topological polar surface area (TPSA) is 60.9 Å². The van der Waals surface area contributed by atoms with Crippen molar-refractivity contribution in [2.45, 2.75) is 13.8 Å². The number of hydrogen-bond donors (Lipinski definition) is 0. The minimum absolute atomic E-state index is 0.235. The third-order valence-electron chi connectivity index (χ3n) is 3.02. The average Bonchev–Trinajstić information content (AvgIpc) is 3.06. The number of aromatic nitrogens is 3. The van der Waals surface area contributed by atoms with Gasteiger partial charge in [-0.3, -0.25) is 4.79 Å². The highest BCUT2D eigenvalue weighted by Gasteiger charge is 2.17. The molecule has 0 bridgehead atoms. The second-order valence-corrected chi connectivity index (χ2v) is 5.60. The normalized spacial score (nSPS) is 10.8. The Balaban J connectivity index is 1.93. The SMILES string of the molecule is Cc1cc(C)n(C(=O)c2coc(-c3ccc(Br)cc3)n2)n1. The van der Waals surface area contributed by atoms with Gasteiger partial charge in [-0.05, 0) is 44.2 Å². The van der Waals surface area contributed by atoms with Crippen molar-refractivity contribution in [2.24, 2.45) is 0 Å². The maximum Gasteiger partial charge on any atom is 0.300 e. The van der Waals surface area contributed by atoms with E-state index >= 15 is 0 Å². The summed E-state index contributed by atoms with van der Waals surface area (Å²) in [6, 6.07) is 9.36. The fourth-order valence-electron chi connectivity index (χ4n) is 2.04. The first kappa shape index (κ1) is 13.8. The van der Waals surface area contributed by atoms with Crippen LogP contribution in [0.25, 0.3) is 11.5 Å². The Kier molecular flexibility index (Phi) is 3.47. The predicted molar refractivity (Wildman–Crippen MR) is 81.1 cm³/mol. The molecule has 0 unspecified atom stereocenters. The maximum atomic E-state index is 12.3. The summed E-state index contributed by atoms with van der Waals surface area (Å²) >= 11 is 3.37. The van der Waals surface area contributed by atoms with Crippen LogP contribution in [0.5, 0.6) is 0 Å². The van der Waals surface area contributed by atoms with E-state index < -0.39 is 0 Å². The summed E-state index contributed by atoms with van der Waals surface area (Å²) in [5, 5.41) is 4.16. The molecule has 6 heteroatoms. The van der Waals surface area contributed by atoms with Crippen LogP contribution in [0, 0.1) is 13.8 Å². The lowest BCUT2D eigenvalue weighted by Gasteiger charge is -1.98. The molecular formula is C15H12BrN3O2. The van der Waals surface area contributed by atoms with Gasteiger partial charge in [0, 0.05) is 15.7 Å². The number of aryl methyl sites for hydroxylation is 2. The molecule has 1 aromatic carbocycles. The van der Waals surface area contributed by atoms with E-state index in [0.717, 1.165) is 21.4 Å². The van der Waals surface area contributed by atoms with E-state index in [9.17, 15) is 4.79 Å². The molecule has 0 aliphatic heterocycles. The lowest BCUT2D eigenvalue weighted by molar-refractivity contribution is 0.0937. The molecule has 0 aliphatic carbocycles. The molecule has 3 rings (SSSR count). The minimum Gasteiger partial charge on any atom is -0.444 e. The summed E-state index contributed by atoms with van der Waals surface area (Å²) in [5.74, 6) is 0.111. The number of benzene rings is 1. The Hall–Kier alpha value is -2.21. The molecule has 0 atom stereocenters. The molecule has 21 heavy (non-hydrogen) atoms. The third kappa shape index (κ3) is 2.67. The highest BCUT2D eigenvalue weighted by molar-refractivity contribution is 9.10. The average molecular weight is 346 g/mol. The molecule has 0 radical (unpaired) electrons. The fraction of sp³-hybridized carbons (Fsp3) is 0.133. The quantitative estimate of drug-likeness (QED) is 0.711. The molecule has 0 spiro atoms. The number of hydrogen-bond acceptors (Lipinski definition) is 4. The third-order valence-corrected chi connectivity index (χ3v) is 3.55. The fourth-order valence-corrected chi connectivity index (χ4v) is 2.30. The highest BCUT2D eigenvalue weighted by atomic mass is 79.9. The Morgan fingerprint density at radius 1 is 1.24 bits per heavy atom. The van der Waals surface area contributed by atoms with Gasteiger partial charge in [0.15, 0.2) is 5.69 Å². The van der Waals surface area contributed by atoms with Crippen LogP contribution in [0.15, 0.2) is 45.5 Å². The Labute approximate surface area is 129 Å². The second kappa shape index (κ2) is 5.29. The molecule has 106 valence electrons. The van der Waals surface area contributed by atoms with Crippen molar-refractivity contribution in [1.82, 2.24) is 14.8 Å². The van der Waals surface area contributed by atoms with Gasteiger partial charge in [-0.1, -0.05) is 15.9 Å². The summed E-state index contributed by atoms with van der Waals surface area (Å²) in [4.78, 5) is 16.6.